The Morgan fingerprint density at radius 2 is 1.47 bits per heavy atom. The van der Waals surface area contributed by atoms with E-state index in [0.717, 1.165) is 31.7 Å². The average molecular weight is 665 g/mol. The van der Waals surface area contributed by atoms with Crippen LogP contribution in [0.25, 0.3) is 0 Å². The summed E-state index contributed by atoms with van der Waals surface area (Å²) in [5.74, 6) is -0.779. The lowest BCUT2D eigenvalue weighted by molar-refractivity contribution is -0.139. The number of nitrogens with one attached hydrogen (secondary N) is 1. The number of hydrogen-bond donors (Lipinski definition) is 1. The highest BCUT2D eigenvalue weighted by Gasteiger charge is 2.32. The van der Waals surface area contributed by atoms with Crippen LogP contribution in [-0.2, 0) is 26.2 Å². The first-order valence-electron chi connectivity index (χ1n) is 12.3. The van der Waals surface area contributed by atoms with Crippen molar-refractivity contribution in [3.8, 4) is 0 Å². The van der Waals surface area contributed by atoms with Gasteiger partial charge in [-0.25, -0.2) is 8.42 Å². The van der Waals surface area contributed by atoms with Crippen molar-refractivity contribution in [2.24, 2.45) is 0 Å². The summed E-state index contributed by atoms with van der Waals surface area (Å²) >= 11 is 6.79. The Balaban J connectivity index is 1.97. The molecule has 0 aromatic heterocycles. The number of amides is 2. The second-order valence-electron chi connectivity index (χ2n) is 8.77. The molecular formula is C28H31Br2N3O4S. The third-order valence-corrected chi connectivity index (χ3v) is 8.83. The molecule has 0 fully saturated rings. The molecule has 7 nitrogen and oxygen atoms in total. The molecule has 0 unspecified atom stereocenters. The van der Waals surface area contributed by atoms with Crippen LogP contribution in [0, 0.1) is 0 Å². The van der Waals surface area contributed by atoms with Gasteiger partial charge in [-0.2, -0.15) is 0 Å². The van der Waals surface area contributed by atoms with E-state index in [9.17, 15) is 18.0 Å². The van der Waals surface area contributed by atoms with E-state index >= 15 is 0 Å². The van der Waals surface area contributed by atoms with Crippen LogP contribution in [0.3, 0.4) is 0 Å². The van der Waals surface area contributed by atoms with Gasteiger partial charge in [0.1, 0.15) is 12.6 Å². The molecule has 202 valence electrons. The SMILES string of the molecule is CCCCNC(=O)[C@@H](C)N(Cc1ccc(Br)cc1)C(=O)CN(c1ccc(Br)cc1)S(=O)(=O)c1ccccc1. The quantitative estimate of drug-likeness (QED) is 0.250. The molecule has 3 aromatic rings. The van der Waals surface area contributed by atoms with Crippen molar-refractivity contribution in [3.63, 3.8) is 0 Å². The fourth-order valence-electron chi connectivity index (χ4n) is 3.76. The molecule has 2 amide bonds. The van der Waals surface area contributed by atoms with Crippen molar-refractivity contribution in [1.82, 2.24) is 10.2 Å². The Hall–Kier alpha value is -2.69. The van der Waals surface area contributed by atoms with E-state index in [1.807, 2.05) is 31.2 Å². The topological polar surface area (TPSA) is 86.8 Å². The number of halogens is 2. The van der Waals surface area contributed by atoms with Crippen molar-refractivity contribution in [1.29, 1.82) is 0 Å². The third-order valence-electron chi connectivity index (χ3n) is 5.99. The van der Waals surface area contributed by atoms with Crippen LogP contribution in [0.4, 0.5) is 5.69 Å². The first-order chi connectivity index (χ1) is 18.1. The lowest BCUT2D eigenvalue weighted by Gasteiger charge is -2.32. The largest absolute Gasteiger partial charge is 0.354 e. The van der Waals surface area contributed by atoms with Gasteiger partial charge in [0.2, 0.25) is 11.8 Å². The van der Waals surface area contributed by atoms with Crippen LogP contribution in [0.2, 0.25) is 0 Å². The van der Waals surface area contributed by atoms with Crippen LogP contribution in [0.15, 0.2) is 92.7 Å². The minimum atomic E-state index is -4.07. The second kappa shape index (κ2) is 13.9. The predicted octanol–water partition coefficient (Wildman–Crippen LogP) is 5.74. The van der Waals surface area contributed by atoms with Crippen molar-refractivity contribution in [3.05, 3.63) is 93.4 Å². The molecule has 0 saturated carbocycles. The zero-order chi connectivity index (χ0) is 27.7. The monoisotopic (exact) mass is 663 g/mol. The summed E-state index contributed by atoms with van der Waals surface area (Å²) in [6.07, 6.45) is 1.75. The molecule has 0 heterocycles. The van der Waals surface area contributed by atoms with Crippen molar-refractivity contribution >= 4 is 59.4 Å². The molecule has 0 aliphatic heterocycles. The van der Waals surface area contributed by atoms with E-state index < -0.39 is 28.5 Å². The molecule has 0 saturated heterocycles. The van der Waals surface area contributed by atoms with Gasteiger partial charge >= 0.3 is 0 Å². The van der Waals surface area contributed by atoms with E-state index in [4.69, 9.17) is 0 Å². The molecule has 1 N–H and O–H groups in total. The van der Waals surface area contributed by atoms with Gasteiger partial charge in [-0.3, -0.25) is 13.9 Å². The number of carbonyl (C=O) groups is 2. The zero-order valence-electron chi connectivity index (χ0n) is 21.3. The summed E-state index contributed by atoms with van der Waals surface area (Å²) in [6.45, 7) is 3.87. The van der Waals surface area contributed by atoms with Crippen LogP contribution in [0.5, 0.6) is 0 Å². The Kier molecular flexibility index (Phi) is 10.9. The van der Waals surface area contributed by atoms with Gasteiger partial charge in [-0.1, -0.05) is 75.5 Å². The minimum absolute atomic E-state index is 0.0699. The van der Waals surface area contributed by atoms with E-state index in [1.165, 1.54) is 17.0 Å². The van der Waals surface area contributed by atoms with Gasteiger partial charge in [-0.05, 0) is 67.4 Å². The molecule has 0 aliphatic rings. The molecule has 0 spiro atoms. The molecule has 0 aliphatic carbocycles. The van der Waals surface area contributed by atoms with Gasteiger partial charge in [0.25, 0.3) is 10.0 Å². The van der Waals surface area contributed by atoms with E-state index in [0.29, 0.717) is 12.2 Å². The maximum absolute atomic E-state index is 13.8. The lowest BCUT2D eigenvalue weighted by Crippen LogP contribution is -2.51. The predicted molar refractivity (Wildman–Crippen MR) is 157 cm³/mol. The van der Waals surface area contributed by atoms with Crippen molar-refractivity contribution in [2.75, 3.05) is 17.4 Å². The maximum Gasteiger partial charge on any atom is 0.264 e. The number of nitrogens with zero attached hydrogens (tertiary/aromatic N) is 2. The molecule has 38 heavy (non-hydrogen) atoms. The molecule has 0 radical (unpaired) electrons. The summed E-state index contributed by atoms with van der Waals surface area (Å²) in [4.78, 5) is 28.3. The van der Waals surface area contributed by atoms with Crippen LogP contribution >= 0.6 is 31.9 Å². The van der Waals surface area contributed by atoms with Crippen molar-refractivity contribution < 1.29 is 18.0 Å². The standard InChI is InChI=1S/C28H31Br2N3O4S/c1-3-4-18-31-28(35)21(2)32(19-22-10-12-23(29)13-11-22)27(34)20-33(25-16-14-24(30)15-17-25)38(36,37)26-8-6-5-7-9-26/h5-17,21H,3-4,18-20H2,1-2H3,(H,31,35)/t21-/m1/s1. The fraction of sp³-hybridized carbons (Fsp3) is 0.286. The first kappa shape index (κ1) is 29.9. The lowest BCUT2D eigenvalue weighted by atomic mass is 10.1. The average Bonchev–Trinajstić information content (AvgIpc) is 2.92. The Morgan fingerprint density at radius 1 is 0.895 bits per heavy atom. The molecule has 1 atom stereocenters. The van der Waals surface area contributed by atoms with Gasteiger partial charge in [0, 0.05) is 22.0 Å². The number of hydrogen-bond acceptors (Lipinski definition) is 4. The highest BCUT2D eigenvalue weighted by atomic mass is 79.9. The van der Waals surface area contributed by atoms with Crippen LogP contribution in [-0.4, -0.2) is 44.3 Å². The van der Waals surface area contributed by atoms with E-state index in [-0.39, 0.29) is 17.3 Å². The normalized spacial score (nSPS) is 12.0. The van der Waals surface area contributed by atoms with Gasteiger partial charge in [0.05, 0.1) is 10.6 Å². The molecule has 3 aromatic carbocycles. The Bertz CT molecular complexity index is 1320. The van der Waals surface area contributed by atoms with Gasteiger partial charge in [-0.15, -0.1) is 0 Å². The summed E-state index contributed by atoms with van der Waals surface area (Å²) < 4.78 is 30.2. The summed E-state index contributed by atoms with van der Waals surface area (Å²) in [7, 11) is -4.07. The van der Waals surface area contributed by atoms with Gasteiger partial charge in [0.15, 0.2) is 0 Å². The van der Waals surface area contributed by atoms with Crippen LogP contribution < -0.4 is 9.62 Å². The first-order valence-corrected chi connectivity index (χ1v) is 15.3. The third kappa shape index (κ3) is 7.91. The minimum Gasteiger partial charge on any atom is -0.354 e. The number of rotatable bonds is 12. The fourth-order valence-corrected chi connectivity index (χ4v) is 5.72. The Labute approximate surface area is 241 Å². The zero-order valence-corrected chi connectivity index (χ0v) is 25.3. The number of anilines is 1. The summed E-state index contributed by atoms with van der Waals surface area (Å²) in [5.41, 5.74) is 1.16. The highest BCUT2D eigenvalue weighted by Crippen LogP contribution is 2.26. The maximum atomic E-state index is 13.8. The molecule has 0 bridgehead atoms. The second-order valence-corrected chi connectivity index (χ2v) is 12.5. The smallest absolute Gasteiger partial charge is 0.264 e. The molecular weight excluding hydrogens is 634 g/mol. The van der Waals surface area contributed by atoms with Gasteiger partial charge < -0.3 is 10.2 Å². The van der Waals surface area contributed by atoms with E-state index in [2.05, 4.69) is 37.2 Å². The molecule has 3 rings (SSSR count). The number of carbonyl (C=O) groups excluding carboxylic acids is 2. The summed E-state index contributed by atoms with van der Waals surface area (Å²) in [6, 6.07) is 21.3. The Morgan fingerprint density at radius 3 is 2.05 bits per heavy atom. The number of benzene rings is 3. The van der Waals surface area contributed by atoms with Crippen LogP contribution in [0.1, 0.15) is 32.3 Å². The summed E-state index contributed by atoms with van der Waals surface area (Å²) in [5, 5.41) is 2.88. The number of unbranched alkanes of at least 4 members (excludes halogenated alkanes) is 1. The number of sulfonamides is 1. The highest BCUT2D eigenvalue weighted by molar-refractivity contribution is 9.10. The van der Waals surface area contributed by atoms with Crippen molar-refractivity contribution in [2.45, 2.75) is 44.2 Å². The molecule has 10 heteroatoms. The van der Waals surface area contributed by atoms with E-state index in [1.54, 1.807) is 49.4 Å².